The van der Waals surface area contributed by atoms with Crippen LogP contribution in [0.1, 0.15) is 5.82 Å². The molecule has 2 rings (SSSR count). The van der Waals surface area contributed by atoms with Crippen LogP contribution < -0.4 is 15.2 Å². The van der Waals surface area contributed by atoms with Gasteiger partial charge in [0, 0.05) is 24.7 Å². The van der Waals surface area contributed by atoms with E-state index in [-0.39, 0.29) is 18.9 Å². The molecule has 0 saturated carbocycles. The fourth-order valence-electron chi connectivity index (χ4n) is 1.62. The van der Waals surface area contributed by atoms with E-state index in [2.05, 4.69) is 19.9 Å². The van der Waals surface area contributed by atoms with Gasteiger partial charge in [-0.3, -0.25) is 5.10 Å². The SMILES string of the molecule is Nc1cccc(OCCS(=O)(=O)NCCc2ncn[nH]2)c1. The van der Waals surface area contributed by atoms with Gasteiger partial charge in [0.15, 0.2) is 0 Å². The molecular weight excluding hydrogens is 294 g/mol. The molecule has 0 bridgehead atoms. The molecule has 9 heteroatoms. The Bertz CT molecular complexity index is 657. The molecule has 0 fully saturated rings. The standard InChI is InChI=1S/C12H17N5O3S/c13-10-2-1-3-11(8-10)20-6-7-21(18,19)16-5-4-12-14-9-15-17-12/h1-3,8-9,16H,4-7,13H2,(H,14,15,17). The van der Waals surface area contributed by atoms with Gasteiger partial charge in [0.05, 0.1) is 5.75 Å². The first kappa shape index (κ1) is 15.3. The molecule has 0 saturated heterocycles. The minimum atomic E-state index is -3.38. The maximum atomic E-state index is 11.8. The molecule has 0 radical (unpaired) electrons. The van der Waals surface area contributed by atoms with Crippen LogP contribution in [0.15, 0.2) is 30.6 Å². The number of hydrogen-bond donors (Lipinski definition) is 3. The zero-order chi connectivity index (χ0) is 15.1. The number of rotatable bonds is 8. The second kappa shape index (κ2) is 7.04. The Kier molecular flexibility index (Phi) is 5.12. The minimum Gasteiger partial charge on any atom is -0.492 e. The van der Waals surface area contributed by atoms with E-state index in [4.69, 9.17) is 10.5 Å². The van der Waals surface area contributed by atoms with Crippen LogP contribution in [0, 0.1) is 0 Å². The van der Waals surface area contributed by atoms with Crippen LogP contribution >= 0.6 is 0 Å². The molecule has 1 aromatic heterocycles. The van der Waals surface area contributed by atoms with Gasteiger partial charge in [-0.05, 0) is 12.1 Å². The van der Waals surface area contributed by atoms with Gasteiger partial charge in [0.2, 0.25) is 10.0 Å². The summed E-state index contributed by atoms with van der Waals surface area (Å²) in [5, 5.41) is 6.34. The number of hydrogen-bond acceptors (Lipinski definition) is 6. The summed E-state index contributed by atoms with van der Waals surface area (Å²) < 4.78 is 31.3. The molecule has 0 atom stereocenters. The summed E-state index contributed by atoms with van der Waals surface area (Å²) in [5.74, 6) is 1.05. The number of ether oxygens (including phenoxy) is 1. The molecule has 4 N–H and O–H groups in total. The average molecular weight is 311 g/mol. The number of nitrogens with two attached hydrogens (primary N) is 1. The number of sulfonamides is 1. The van der Waals surface area contributed by atoms with Crippen molar-refractivity contribution in [3.8, 4) is 5.75 Å². The molecule has 0 unspecified atom stereocenters. The monoisotopic (exact) mass is 311 g/mol. The third-order valence-corrected chi connectivity index (χ3v) is 3.98. The summed E-state index contributed by atoms with van der Waals surface area (Å²) in [6.45, 7) is 0.316. The number of anilines is 1. The van der Waals surface area contributed by atoms with Crippen molar-refractivity contribution in [2.24, 2.45) is 0 Å². The molecular formula is C12H17N5O3S. The molecule has 0 spiro atoms. The molecule has 114 valence electrons. The first-order chi connectivity index (χ1) is 10.1. The van der Waals surface area contributed by atoms with Gasteiger partial charge >= 0.3 is 0 Å². The highest BCUT2D eigenvalue weighted by Crippen LogP contribution is 2.14. The Labute approximate surface area is 122 Å². The molecule has 0 aliphatic heterocycles. The maximum Gasteiger partial charge on any atom is 0.214 e. The zero-order valence-corrected chi connectivity index (χ0v) is 12.1. The largest absolute Gasteiger partial charge is 0.492 e. The molecule has 0 aliphatic carbocycles. The number of nitrogens with zero attached hydrogens (tertiary/aromatic N) is 2. The van der Waals surface area contributed by atoms with Crippen molar-refractivity contribution in [1.29, 1.82) is 0 Å². The van der Waals surface area contributed by atoms with Crippen molar-refractivity contribution in [3.05, 3.63) is 36.4 Å². The van der Waals surface area contributed by atoms with Crippen molar-refractivity contribution in [1.82, 2.24) is 19.9 Å². The Morgan fingerprint density at radius 1 is 1.38 bits per heavy atom. The second-order valence-corrected chi connectivity index (χ2v) is 6.24. The van der Waals surface area contributed by atoms with Gasteiger partial charge < -0.3 is 10.5 Å². The van der Waals surface area contributed by atoms with Crippen LogP contribution in [0.2, 0.25) is 0 Å². The lowest BCUT2D eigenvalue weighted by atomic mass is 10.3. The van der Waals surface area contributed by atoms with E-state index in [1.807, 2.05) is 0 Å². The summed E-state index contributed by atoms with van der Waals surface area (Å²) >= 11 is 0. The van der Waals surface area contributed by atoms with Gasteiger partial charge in [0.25, 0.3) is 0 Å². The van der Waals surface area contributed by atoms with Gasteiger partial charge in [-0.15, -0.1) is 0 Å². The topological polar surface area (TPSA) is 123 Å². The smallest absolute Gasteiger partial charge is 0.214 e. The molecule has 2 aromatic rings. The van der Waals surface area contributed by atoms with E-state index >= 15 is 0 Å². The highest BCUT2D eigenvalue weighted by molar-refractivity contribution is 7.89. The predicted octanol–water partition coefficient (Wildman–Crippen LogP) is -0.0722. The summed E-state index contributed by atoms with van der Waals surface area (Å²) in [5.41, 5.74) is 6.17. The van der Waals surface area contributed by atoms with E-state index in [0.29, 0.717) is 23.7 Å². The summed E-state index contributed by atoms with van der Waals surface area (Å²) in [6.07, 6.45) is 1.83. The predicted molar refractivity (Wildman–Crippen MR) is 78.2 cm³/mol. The number of nitrogens with one attached hydrogen (secondary N) is 2. The highest BCUT2D eigenvalue weighted by Gasteiger charge is 2.10. The number of nitrogen functional groups attached to an aromatic ring is 1. The molecule has 21 heavy (non-hydrogen) atoms. The van der Waals surface area contributed by atoms with Crippen molar-refractivity contribution in [2.75, 3.05) is 24.6 Å². The lowest BCUT2D eigenvalue weighted by molar-refractivity contribution is 0.340. The van der Waals surface area contributed by atoms with Crippen molar-refractivity contribution >= 4 is 15.7 Å². The van der Waals surface area contributed by atoms with Crippen LogP contribution in [-0.4, -0.2) is 42.5 Å². The van der Waals surface area contributed by atoms with E-state index in [1.165, 1.54) is 6.33 Å². The normalized spacial score (nSPS) is 11.4. The van der Waals surface area contributed by atoms with Crippen molar-refractivity contribution in [3.63, 3.8) is 0 Å². The molecule has 0 aliphatic rings. The lowest BCUT2D eigenvalue weighted by Crippen LogP contribution is -2.30. The van der Waals surface area contributed by atoms with Crippen LogP contribution in [0.3, 0.4) is 0 Å². The summed E-state index contributed by atoms with van der Waals surface area (Å²) in [6, 6.07) is 6.84. The van der Waals surface area contributed by atoms with Gasteiger partial charge in [-0.2, -0.15) is 5.10 Å². The van der Waals surface area contributed by atoms with Crippen molar-refractivity contribution in [2.45, 2.75) is 6.42 Å². The number of aromatic amines is 1. The fourth-order valence-corrected chi connectivity index (χ4v) is 2.48. The second-order valence-electron chi connectivity index (χ2n) is 4.32. The van der Waals surface area contributed by atoms with Crippen LogP contribution in [0.25, 0.3) is 0 Å². The Balaban J connectivity index is 1.71. The molecule has 8 nitrogen and oxygen atoms in total. The summed E-state index contributed by atoms with van der Waals surface area (Å²) in [4.78, 5) is 3.91. The quantitative estimate of drug-likeness (QED) is 0.586. The van der Waals surface area contributed by atoms with Crippen LogP contribution in [0.5, 0.6) is 5.75 Å². The van der Waals surface area contributed by atoms with Gasteiger partial charge in [-0.25, -0.2) is 18.1 Å². The highest BCUT2D eigenvalue weighted by atomic mass is 32.2. The molecule has 0 amide bonds. The zero-order valence-electron chi connectivity index (χ0n) is 11.3. The first-order valence-corrected chi connectivity index (χ1v) is 8.00. The van der Waals surface area contributed by atoms with Crippen LogP contribution in [-0.2, 0) is 16.4 Å². The van der Waals surface area contributed by atoms with Gasteiger partial charge in [-0.1, -0.05) is 6.07 Å². The fraction of sp³-hybridized carbons (Fsp3) is 0.333. The number of H-pyrrole nitrogens is 1. The van der Waals surface area contributed by atoms with E-state index in [0.717, 1.165) is 0 Å². The van der Waals surface area contributed by atoms with E-state index < -0.39 is 10.0 Å². The van der Waals surface area contributed by atoms with Gasteiger partial charge in [0.1, 0.15) is 24.5 Å². The maximum absolute atomic E-state index is 11.8. The first-order valence-electron chi connectivity index (χ1n) is 6.35. The molecule has 1 heterocycles. The van der Waals surface area contributed by atoms with Crippen molar-refractivity contribution < 1.29 is 13.2 Å². The summed E-state index contributed by atoms with van der Waals surface area (Å²) in [7, 11) is -3.38. The Morgan fingerprint density at radius 2 is 2.24 bits per heavy atom. The third-order valence-electron chi connectivity index (χ3n) is 2.63. The third kappa shape index (κ3) is 5.40. The minimum absolute atomic E-state index is 0.0566. The van der Waals surface area contributed by atoms with E-state index in [9.17, 15) is 8.42 Å². The Hall–Kier alpha value is -2.13. The Morgan fingerprint density at radius 3 is 2.95 bits per heavy atom. The van der Waals surface area contributed by atoms with E-state index in [1.54, 1.807) is 24.3 Å². The number of benzene rings is 1. The van der Waals surface area contributed by atoms with Crippen LogP contribution in [0.4, 0.5) is 5.69 Å². The molecule has 1 aromatic carbocycles. The lowest BCUT2D eigenvalue weighted by Gasteiger charge is -2.08. The average Bonchev–Trinajstić information content (AvgIpc) is 2.91. The number of aromatic nitrogens is 3.